The topological polar surface area (TPSA) is 89.3 Å². The summed E-state index contributed by atoms with van der Waals surface area (Å²) in [4.78, 5) is 9.88. The number of nitrogens with one attached hydrogen (secondary N) is 1. The summed E-state index contributed by atoms with van der Waals surface area (Å²) in [5.74, 6) is 0.197. The van der Waals surface area contributed by atoms with Gasteiger partial charge in [0.2, 0.25) is 10.0 Å². The molecule has 94 valence electrons. The largest absolute Gasteiger partial charge is 0.269 e. The van der Waals surface area contributed by atoms with Crippen LogP contribution in [0.15, 0.2) is 29.2 Å². The normalized spacial score (nSPS) is 11.7. The Balaban J connectivity index is 2.89. The van der Waals surface area contributed by atoms with E-state index in [0.717, 1.165) is 0 Å². The van der Waals surface area contributed by atoms with Crippen LogP contribution in [0, 0.1) is 16.0 Å². The van der Waals surface area contributed by atoms with Crippen molar-refractivity contribution in [1.29, 1.82) is 0 Å². The molecule has 0 saturated heterocycles. The van der Waals surface area contributed by atoms with Gasteiger partial charge in [-0.05, 0) is 18.1 Å². The van der Waals surface area contributed by atoms with Gasteiger partial charge in [-0.15, -0.1) is 0 Å². The van der Waals surface area contributed by atoms with E-state index in [-0.39, 0.29) is 16.5 Å². The number of hydrogen-bond donors (Lipinski definition) is 1. The second-order valence-corrected chi connectivity index (χ2v) is 5.76. The molecule has 0 radical (unpaired) electrons. The highest BCUT2D eigenvalue weighted by Gasteiger charge is 2.15. The third kappa shape index (κ3) is 3.79. The Hall–Kier alpha value is -1.47. The zero-order valence-electron chi connectivity index (χ0n) is 9.58. The van der Waals surface area contributed by atoms with Crippen molar-refractivity contribution in [2.45, 2.75) is 18.7 Å². The monoisotopic (exact) mass is 258 g/mol. The van der Waals surface area contributed by atoms with Crippen molar-refractivity contribution in [3.63, 3.8) is 0 Å². The van der Waals surface area contributed by atoms with Crippen LogP contribution in [0.1, 0.15) is 13.8 Å². The third-order valence-corrected chi connectivity index (χ3v) is 3.48. The minimum atomic E-state index is -3.57. The predicted octanol–water partition coefficient (Wildman–Crippen LogP) is 1.53. The first kappa shape index (κ1) is 13.6. The molecule has 0 aliphatic rings. The van der Waals surface area contributed by atoms with Crippen molar-refractivity contribution >= 4 is 15.7 Å². The van der Waals surface area contributed by atoms with Crippen LogP contribution < -0.4 is 4.72 Å². The van der Waals surface area contributed by atoms with Crippen LogP contribution in [0.3, 0.4) is 0 Å². The van der Waals surface area contributed by atoms with Crippen LogP contribution in [0.5, 0.6) is 0 Å². The minimum absolute atomic E-state index is 0.0313. The second-order valence-electron chi connectivity index (χ2n) is 4.00. The van der Waals surface area contributed by atoms with Gasteiger partial charge in [0, 0.05) is 18.7 Å². The summed E-state index contributed by atoms with van der Waals surface area (Å²) in [6.07, 6.45) is 0. The van der Waals surface area contributed by atoms with Gasteiger partial charge >= 0.3 is 0 Å². The van der Waals surface area contributed by atoms with Crippen LogP contribution in [-0.2, 0) is 10.0 Å². The zero-order valence-corrected chi connectivity index (χ0v) is 10.4. The maximum absolute atomic E-state index is 11.7. The van der Waals surface area contributed by atoms with Gasteiger partial charge in [-0.3, -0.25) is 10.1 Å². The van der Waals surface area contributed by atoms with E-state index in [1.165, 1.54) is 24.3 Å². The number of non-ortho nitro benzene ring substituents is 1. The molecule has 1 aromatic rings. The standard InChI is InChI=1S/C10H14N2O4S/c1-8(2)7-11-17(15,16)10-5-3-9(4-6-10)12(13)14/h3-6,8,11H,7H2,1-2H3. The van der Waals surface area contributed by atoms with E-state index in [1.807, 2.05) is 13.8 Å². The molecule has 1 N–H and O–H groups in total. The first-order valence-corrected chi connectivity index (χ1v) is 6.55. The molecular formula is C10H14N2O4S. The van der Waals surface area contributed by atoms with Gasteiger partial charge in [-0.2, -0.15) is 0 Å². The Bertz CT molecular complexity index is 494. The maximum atomic E-state index is 11.7. The molecule has 6 nitrogen and oxygen atoms in total. The number of sulfonamides is 1. The molecule has 0 aliphatic carbocycles. The van der Waals surface area contributed by atoms with Crippen molar-refractivity contribution in [3.05, 3.63) is 34.4 Å². The third-order valence-electron chi connectivity index (χ3n) is 2.04. The number of nitro benzene ring substituents is 1. The number of hydrogen-bond acceptors (Lipinski definition) is 4. The molecule has 0 aliphatic heterocycles. The lowest BCUT2D eigenvalue weighted by atomic mass is 10.2. The molecule has 0 amide bonds. The highest BCUT2D eigenvalue weighted by atomic mass is 32.2. The summed E-state index contributed by atoms with van der Waals surface area (Å²) in [7, 11) is -3.57. The van der Waals surface area contributed by atoms with E-state index in [1.54, 1.807) is 0 Å². The van der Waals surface area contributed by atoms with Gasteiger partial charge in [0.1, 0.15) is 0 Å². The fourth-order valence-electron chi connectivity index (χ4n) is 1.11. The van der Waals surface area contributed by atoms with Crippen LogP contribution in [-0.4, -0.2) is 19.9 Å². The highest BCUT2D eigenvalue weighted by molar-refractivity contribution is 7.89. The summed E-state index contributed by atoms with van der Waals surface area (Å²) in [5.41, 5.74) is -0.132. The Morgan fingerprint density at radius 2 is 1.82 bits per heavy atom. The number of nitro groups is 1. The van der Waals surface area contributed by atoms with Gasteiger partial charge in [-0.1, -0.05) is 13.8 Å². The zero-order chi connectivity index (χ0) is 13.1. The first-order valence-electron chi connectivity index (χ1n) is 5.07. The van der Waals surface area contributed by atoms with E-state index < -0.39 is 14.9 Å². The van der Waals surface area contributed by atoms with Crippen LogP contribution in [0.25, 0.3) is 0 Å². The Morgan fingerprint density at radius 1 is 1.29 bits per heavy atom. The fourth-order valence-corrected chi connectivity index (χ4v) is 2.32. The lowest BCUT2D eigenvalue weighted by Crippen LogP contribution is -2.27. The molecule has 0 saturated carbocycles. The van der Waals surface area contributed by atoms with Crippen LogP contribution in [0.4, 0.5) is 5.69 Å². The summed E-state index contributed by atoms with van der Waals surface area (Å²) >= 11 is 0. The molecule has 1 aromatic carbocycles. The molecule has 7 heteroatoms. The van der Waals surface area contributed by atoms with Gasteiger partial charge in [0.25, 0.3) is 5.69 Å². The average molecular weight is 258 g/mol. The molecule has 1 rings (SSSR count). The first-order chi connectivity index (χ1) is 7.83. The van der Waals surface area contributed by atoms with E-state index in [9.17, 15) is 18.5 Å². The molecule has 17 heavy (non-hydrogen) atoms. The van der Waals surface area contributed by atoms with E-state index in [0.29, 0.717) is 6.54 Å². The molecular weight excluding hydrogens is 244 g/mol. The summed E-state index contributed by atoms with van der Waals surface area (Å²) in [5, 5.41) is 10.4. The highest BCUT2D eigenvalue weighted by Crippen LogP contribution is 2.15. The van der Waals surface area contributed by atoms with Gasteiger partial charge in [0.05, 0.1) is 9.82 Å². The van der Waals surface area contributed by atoms with Crippen LogP contribution in [0.2, 0.25) is 0 Å². The number of benzene rings is 1. The van der Waals surface area contributed by atoms with Crippen molar-refractivity contribution in [2.75, 3.05) is 6.54 Å². The molecule has 0 spiro atoms. The molecule has 0 aromatic heterocycles. The van der Waals surface area contributed by atoms with Crippen molar-refractivity contribution in [1.82, 2.24) is 4.72 Å². The van der Waals surface area contributed by atoms with Crippen molar-refractivity contribution in [2.24, 2.45) is 5.92 Å². The Morgan fingerprint density at radius 3 is 2.24 bits per heavy atom. The summed E-state index contributed by atoms with van der Waals surface area (Å²) in [6.45, 7) is 4.11. The van der Waals surface area contributed by atoms with Crippen molar-refractivity contribution in [3.8, 4) is 0 Å². The lowest BCUT2D eigenvalue weighted by molar-refractivity contribution is -0.384. The number of rotatable bonds is 5. The van der Waals surface area contributed by atoms with E-state index in [4.69, 9.17) is 0 Å². The van der Waals surface area contributed by atoms with E-state index in [2.05, 4.69) is 4.72 Å². The van der Waals surface area contributed by atoms with Gasteiger partial charge in [0.15, 0.2) is 0 Å². The summed E-state index contributed by atoms with van der Waals surface area (Å²) < 4.78 is 25.9. The average Bonchev–Trinajstić information content (AvgIpc) is 2.27. The molecule has 0 unspecified atom stereocenters. The van der Waals surface area contributed by atoms with E-state index >= 15 is 0 Å². The molecule has 0 heterocycles. The van der Waals surface area contributed by atoms with Gasteiger partial charge < -0.3 is 0 Å². The maximum Gasteiger partial charge on any atom is 0.269 e. The summed E-state index contributed by atoms with van der Waals surface area (Å²) in [6, 6.07) is 4.79. The lowest BCUT2D eigenvalue weighted by Gasteiger charge is -2.08. The fraction of sp³-hybridized carbons (Fsp3) is 0.400. The Labute approximate surface area is 99.9 Å². The second kappa shape index (κ2) is 5.24. The minimum Gasteiger partial charge on any atom is -0.258 e. The van der Waals surface area contributed by atoms with Crippen molar-refractivity contribution < 1.29 is 13.3 Å². The Kier molecular flexibility index (Phi) is 4.19. The molecule has 0 atom stereocenters. The SMILES string of the molecule is CC(C)CNS(=O)(=O)c1ccc([N+](=O)[O-])cc1. The molecule has 0 fully saturated rings. The van der Waals surface area contributed by atoms with Crippen LogP contribution >= 0.6 is 0 Å². The smallest absolute Gasteiger partial charge is 0.258 e. The molecule has 0 bridgehead atoms. The quantitative estimate of drug-likeness (QED) is 0.640. The van der Waals surface area contributed by atoms with Gasteiger partial charge in [-0.25, -0.2) is 13.1 Å². The predicted molar refractivity (Wildman–Crippen MR) is 63.1 cm³/mol. The number of nitrogens with zero attached hydrogens (tertiary/aromatic N) is 1.